The molecular weight excluding hydrogens is 350 g/mol. The first-order valence-corrected chi connectivity index (χ1v) is 7.63. The van der Waals surface area contributed by atoms with Crippen LogP contribution in [0.3, 0.4) is 0 Å². The molecule has 0 aliphatic rings. The van der Waals surface area contributed by atoms with E-state index in [9.17, 15) is 9.59 Å². The van der Waals surface area contributed by atoms with E-state index in [-0.39, 0.29) is 18.2 Å². The van der Waals surface area contributed by atoms with Gasteiger partial charge in [-0.05, 0) is 18.6 Å². The van der Waals surface area contributed by atoms with E-state index in [4.69, 9.17) is 16.3 Å². The second-order valence-corrected chi connectivity index (χ2v) is 5.56. The average molecular weight is 364 g/mol. The molecule has 0 aromatic carbocycles. The van der Waals surface area contributed by atoms with Gasteiger partial charge in [0.05, 0.1) is 13.7 Å². The van der Waals surface area contributed by atoms with Gasteiger partial charge >= 0.3 is 12.0 Å². The third-order valence-electron chi connectivity index (χ3n) is 3.46. The molecule has 0 saturated heterocycles. The molecule has 25 heavy (non-hydrogen) atoms. The Kier molecular flexibility index (Phi) is 4.66. The molecule has 0 atom stereocenters. The molecule has 3 heterocycles. The molecule has 0 amide bonds. The van der Waals surface area contributed by atoms with Gasteiger partial charge in [0.2, 0.25) is 5.78 Å². The molecule has 3 aromatic heterocycles. The quantitative estimate of drug-likeness (QED) is 0.489. The SMILES string of the molecule is COC(=O)COc1nc2n(Cc3ccc(Cl)nc3)c(C)cc(=O)n2n1. The number of ether oxygens (including phenoxy) is 2. The number of methoxy groups -OCH3 is 1. The molecule has 3 rings (SSSR count). The van der Waals surface area contributed by atoms with E-state index in [0.29, 0.717) is 23.2 Å². The van der Waals surface area contributed by atoms with Gasteiger partial charge in [-0.25, -0.2) is 9.78 Å². The van der Waals surface area contributed by atoms with Crippen molar-refractivity contribution in [1.29, 1.82) is 0 Å². The highest BCUT2D eigenvalue weighted by molar-refractivity contribution is 6.29. The third-order valence-corrected chi connectivity index (χ3v) is 3.68. The highest BCUT2D eigenvalue weighted by Gasteiger charge is 2.14. The maximum Gasteiger partial charge on any atom is 0.344 e. The van der Waals surface area contributed by atoms with Crippen LogP contribution in [0, 0.1) is 6.92 Å². The van der Waals surface area contributed by atoms with Gasteiger partial charge in [-0.3, -0.25) is 4.79 Å². The normalized spacial score (nSPS) is 10.8. The van der Waals surface area contributed by atoms with E-state index in [0.717, 1.165) is 10.1 Å². The van der Waals surface area contributed by atoms with Crippen LogP contribution < -0.4 is 10.3 Å². The van der Waals surface area contributed by atoms with Crippen molar-refractivity contribution >= 4 is 23.3 Å². The lowest BCUT2D eigenvalue weighted by atomic mass is 10.3. The number of aromatic nitrogens is 5. The number of nitrogens with zero attached hydrogens (tertiary/aromatic N) is 5. The molecule has 9 nitrogen and oxygen atoms in total. The minimum absolute atomic E-state index is 0.0870. The van der Waals surface area contributed by atoms with Crippen LogP contribution >= 0.6 is 11.6 Å². The second kappa shape index (κ2) is 6.89. The van der Waals surface area contributed by atoms with E-state index < -0.39 is 5.97 Å². The lowest BCUT2D eigenvalue weighted by Gasteiger charge is -2.11. The molecule has 0 aliphatic carbocycles. The number of esters is 1. The molecule has 0 unspecified atom stereocenters. The maximum absolute atomic E-state index is 12.1. The van der Waals surface area contributed by atoms with Gasteiger partial charge in [0.25, 0.3) is 5.56 Å². The van der Waals surface area contributed by atoms with E-state index in [1.165, 1.54) is 13.2 Å². The highest BCUT2D eigenvalue weighted by atomic mass is 35.5. The molecule has 130 valence electrons. The molecule has 0 saturated carbocycles. The molecule has 0 N–H and O–H groups in total. The Balaban J connectivity index is 1.99. The van der Waals surface area contributed by atoms with Crippen molar-refractivity contribution < 1.29 is 14.3 Å². The smallest absolute Gasteiger partial charge is 0.344 e. The van der Waals surface area contributed by atoms with Gasteiger partial charge in [0.15, 0.2) is 6.61 Å². The zero-order valence-electron chi connectivity index (χ0n) is 13.5. The number of aryl methyl sites for hydroxylation is 1. The fourth-order valence-electron chi connectivity index (χ4n) is 2.21. The summed E-state index contributed by atoms with van der Waals surface area (Å²) in [5.41, 5.74) is 1.22. The van der Waals surface area contributed by atoms with Crippen LogP contribution in [0.1, 0.15) is 11.3 Å². The molecule has 10 heteroatoms. The monoisotopic (exact) mass is 363 g/mol. The minimum atomic E-state index is -0.572. The lowest BCUT2D eigenvalue weighted by Crippen LogP contribution is -2.20. The van der Waals surface area contributed by atoms with Gasteiger partial charge in [-0.1, -0.05) is 17.7 Å². The van der Waals surface area contributed by atoms with Gasteiger partial charge in [-0.2, -0.15) is 9.50 Å². The zero-order valence-corrected chi connectivity index (χ0v) is 14.2. The van der Waals surface area contributed by atoms with Crippen LogP contribution in [0.15, 0.2) is 29.2 Å². The van der Waals surface area contributed by atoms with Gasteiger partial charge < -0.3 is 14.0 Å². The van der Waals surface area contributed by atoms with E-state index in [1.54, 1.807) is 23.8 Å². The van der Waals surface area contributed by atoms with Crippen LogP contribution in [0.2, 0.25) is 5.15 Å². The fourth-order valence-corrected chi connectivity index (χ4v) is 2.32. The predicted octanol–water partition coefficient (Wildman–Crippen LogP) is 0.848. The van der Waals surface area contributed by atoms with Crippen LogP contribution in [0.4, 0.5) is 0 Å². The van der Waals surface area contributed by atoms with Crippen molar-refractivity contribution in [2.24, 2.45) is 0 Å². The number of fused-ring (bicyclic) bond motifs is 1. The second-order valence-electron chi connectivity index (χ2n) is 5.17. The summed E-state index contributed by atoms with van der Waals surface area (Å²) in [6.45, 7) is 1.85. The first kappa shape index (κ1) is 16.9. The summed E-state index contributed by atoms with van der Waals surface area (Å²) in [6, 6.07) is 4.86. The van der Waals surface area contributed by atoms with Crippen molar-refractivity contribution in [3.8, 4) is 6.01 Å². The number of carbonyl (C=O) groups excluding carboxylic acids is 1. The molecule has 0 fully saturated rings. The minimum Gasteiger partial charge on any atom is -0.466 e. The molecule has 0 radical (unpaired) electrons. The van der Waals surface area contributed by atoms with Crippen molar-refractivity contribution in [2.45, 2.75) is 13.5 Å². The number of halogens is 1. The predicted molar refractivity (Wildman–Crippen MR) is 87.8 cm³/mol. The summed E-state index contributed by atoms with van der Waals surface area (Å²) < 4.78 is 12.5. The first-order chi connectivity index (χ1) is 12.0. The standard InChI is InChI=1S/C15H14ClN5O4/c1-9-5-12(22)21-15(18-14(19-21)25-8-13(23)24-2)20(9)7-10-3-4-11(16)17-6-10/h3-6H,7-8H2,1-2H3. The largest absolute Gasteiger partial charge is 0.466 e. The average Bonchev–Trinajstić information content (AvgIpc) is 3.03. The van der Waals surface area contributed by atoms with E-state index >= 15 is 0 Å². The van der Waals surface area contributed by atoms with Gasteiger partial charge in [-0.15, -0.1) is 5.10 Å². The zero-order chi connectivity index (χ0) is 18.0. The van der Waals surface area contributed by atoms with Gasteiger partial charge in [0.1, 0.15) is 5.15 Å². The Morgan fingerprint density at radius 1 is 1.36 bits per heavy atom. The van der Waals surface area contributed by atoms with Crippen molar-refractivity contribution in [2.75, 3.05) is 13.7 Å². The maximum atomic E-state index is 12.1. The number of hydrogen-bond acceptors (Lipinski definition) is 7. The molecule has 0 bridgehead atoms. The Bertz CT molecular complexity index is 980. The summed E-state index contributed by atoms with van der Waals surface area (Å²) in [5, 5.41) is 4.38. The Hall–Kier alpha value is -2.94. The fraction of sp³-hybridized carbons (Fsp3) is 0.267. The molecular formula is C15H14ClN5O4. The Labute approximate surface area is 146 Å². The Morgan fingerprint density at radius 3 is 2.84 bits per heavy atom. The topological polar surface area (TPSA) is 101 Å². The van der Waals surface area contributed by atoms with Gasteiger partial charge in [0, 0.05) is 18.0 Å². The van der Waals surface area contributed by atoms with Crippen molar-refractivity contribution in [1.82, 2.24) is 24.1 Å². The Morgan fingerprint density at radius 2 is 2.16 bits per heavy atom. The molecule has 0 aliphatic heterocycles. The van der Waals surface area contributed by atoms with Crippen LogP contribution in [0.25, 0.3) is 5.78 Å². The van der Waals surface area contributed by atoms with Crippen LogP contribution in [-0.2, 0) is 16.1 Å². The number of carbonyl (C=O) groups is 1. The third kappa shape index (κ3) is 3.61. The number of hydrogen-bond donors (Lipinski definition) is 0. The number of rotatable bonds is 5. The molecule has 0 spiro atoms. The van der Waals surface area contributed by atoms with Crippen molar-refractivity contribution in [3.63, 3.8) is 0 Å². The van der Waals surface area contributed by atoms with E-state index in [2.05, 4.69) is 19.8 Å². The summed E-state index contributed by atoms with van der Waals surface area (Å²) in [7, 11) is 1.25. The molecule has 3 aromatic rings. The summed E-state index contributed by atoms with van der Waals surface area (Å²) in [6.07, 6.45) is 1.64. The van der Waals surface area contributed by atoms with Crippen LogP contribution in [-0.4, -0.2) is 43.8 Å². The highest BCUT2D eigenvalue weighted by Crippen LogP contribution is 2.12. The lowest BCUT2D eigenvalue weighted by molar-refractivity contribution is -0.143. The first-order valence-electron chi connectivity index (χ1n) is 7.25. The van der Waals surface area contributed by atoms with Crippen molar-refractivity contribution in [3.05, 3.63) is 51.2 Å². The number of pyridine rings is 1. The summed E-state index contributed by atoms with van der Waals surface area (Å²) in [5.74, 6) is -0.280. The summed E-state index contributed by atoms with van der Waals surface area (Å²) in [4.78, 5) is 31.5. The summed E-state index contributed by atoms with van der Waals surface area (Å²) >= 11 is 5.80. The van der Waals surface area contributed by atoms with Crippen LogP contribution in [0.5, 0.6) is 6.01 Å². The van der Waals surface area contributed by atoms with E-state index in [1.807, 2.05) is 6.07 Å².